The number of aryl methyl sites for hydroxylation is 2. The summed E-state index contributed by atoms with van der Waals surface area (Å²) in [5, 5.41) is 29.7. The number of likely N-dealkylation sites (tertiary alicyclic amines) is 1. The van der Waals surface area contributed by atoms with E-state index in [9.17, 15) is 28.9 Å². The minimum Gasteiger partial charge on any atom is -0.493 e. The zero-order chi connectivity index (χ0) is 33.1. The number of anilines is 1. The van der Waals surface area contributed by atoms with Crippen molar-refractivity contribution in [3.63, 3.8) is 0 Å². The number of halogens is 3. The molecule has 13 heteroatoms. The molecule has 3 aromatic rings. The van der Waals surface area contributed by atoms with E-state index in [1.807, 2.05) is 24.0 Å². The van der Waals surface area contributed by atoms with E-state index in [2.05, 4.69) is 25.9 Å². The van der Waals surface area contributed by atoms with Gasteiger partial charge in [0, 0.05) is 36.8 Å². The van der Waals surface area contributed by atoms with Crippen molar-refractivity contribution in [2.75, 3.05) is 44.8 Å². The van der Waals surface area contributed by atoms with E-state index >= 15 is 0 Å². The molecular weight excluding hydrogens is 654 g/mol. The van der Waals surface area contributed by atoms with Gasteiger partial charge in [0.1, 0.15) is 10.7 Å². The molecule has 4 heterocycles. The number of carbonyl (C=O) groups excluding carboxylic acids is 1. The fourth-order valence-corrected chi connectivity index (χ4v) is 5.74. The predicted octanol–water partition coefficient (Wildman–Crippen LogP) is 3.76. The monoisotopic (exact) mass is 692 g/mol. The first-order valence-electron chi connectivity index (χ1n) is 14.5. The lowest BCUT2D eigenvalue weighted by atomic mass is 9.72. The van der Waals surface area contributed by atoms with Gasteiger partial charge in [-0.15, -0.1) is 0 Å². The maximum Gasteiger partial charge on any atom is 0.253 e. The molecule has 5 rings (SSSR count). The summed E-state index contributed by atoms with van der Waals surface area (Å²) in [5.74, 6) is -0.128. The Morgan fingerprint density at radius 2 is 1.71 bits per heavy atom. The summed E-state index contributed by atoms with van der Waals surface area (Å²) in [6.07, 6.45) is 0.808. The van der Waals surface area contributed by atoms with Gasteiger partial charge in [0.25, 0.3) is 5.91 Å². The molecule has 0 radical (unpaired) electrons. The summed E-state index contributed by atoms with van der Waals surface area (Å²) in [5.41, 5.74) is 1.76. The molecule has 244 valence electrons. The molecule has 10 nitrogen and oxygen atoms in total. The van der Waals surface area contributed by atoms with Crippen LogP contribution in [-0.2, 0) is 4.79 Å². The highest BCUT2D eigenvalue weighted by atomic mass is 79.9. The van der Waals surface area contributed by atoms with E-state index < -0.39 is 30.1 Å². The Labute approximate surface area is 269 Å². The number of aliphatic hydroxyl groups is 3. The highest BCUT2D eigenvalue weighted by Gasteiger charge is 2.49. The third-order valence-electron chi connectivity index (χ3n) is 8.38. The van der Waals surface area contributed by atoms with Gasteiger partial charge in [-0.2, -0.15) is 0 Å². The second-order valence-electron chi connectivity index (χ2n) is 11.8. The quantitative estimate of drug-likeness (QED) is 0.303. The highest BCUT2D eigenvalue weighted by Crippen LogP contribution is 2.47. The van der Waals surface area contributed by atoms with Crippen molar-refractivity contribution in [1.82, 2.24) is 14.9 Å². The second kappa shape index (κ2) is 14.4. The summed E-state index contributed by atoms with van der Waals surface area (Å²) < 4.78 is 38.7. The van der Waals surface area contributed by atoms with E-state index in [0.717, 1.165) is 16.7 Å². The van der Waals surface area contributed by atoms with Crippen LogP contribution >= 0.6 is 15.9 Å². The molecule has 2 fully saturated rings. The highest BCUT2D eigenvalue weighted by molar-refractivity contribution is 9.10. The van der Waals surface area contributed by atoms with Gasteiger partial charge in [0.05, 0.1) is 32.9 Å². The number of methoxy groups -OCH3 is 1. The molecular formula is C32H39BrF2N4O6. The SMILES string of the molecule is COc1ccc([C@@H]2CN(C(=O)[C@@H](O)CO)C[C@@]2(C)[C@@H](C)O)cc1OC1CN(c2ncc(C)cc2F)C1.Cc1cnc(Br)c(F)c1. The van der Waals surface area contributed by atoms with Gasteiger partial charge in [-0.1, -0.05) is 13.0 Å². The first-order chi connectivity index (χ1) is 21.3. The molecule has 1 aromatic carbocycles. The molecule has 0 spiro atoms. The van der Waals surface area contributed by atoms with Crippen LogP contribution in [0.5, 0.6) is 11.5 Å². The minimum absolute atomic E-state index is 0.193. The lowest BCUT2D eigenvalue weighted by Gasteiger charge is -2.40. The van der Waals surface area contributed by atoms with Crippen molar-refractivity contribution in [3.05, 3.63) is 75.7 Å². The number of ether oxygens (including phenoxy) is 2. The Kier molecular flexibility index (Phi) is 11.0. The van der Waals surface area contributed by atoms with E-state index in [0.29, 0.717) is 30.4 Å². The first-order valence-corrected chi connectivity index (χ1v) is 15.3. The van der Waals surface area contributed by atoms with Crippen molar-refractivity contribution >= 4 is 27.7 Å². The molecule has 2 aliphatic heterocycles. The summed E-state index contributed by atoms with van der Waals surface area (Å²) in [6, 6.07) is 8.41. The smallest absolute Gasteiger partial charge is 0.253 e. The number of hydrogen-bond donors (Lipinski definition) is 3. The standard InChI is InChI=1S/C26H34FN3O6.C6H5BrFN/c1-15-7-20(27)24(28-9-15)29-10-18(11-29)36-23-8-17(5-6-22(23)35-4)19-12-30(25(34)21(33)13-31)14-26(19,3)16(2)32;1-4-2-5(8)6(7)9-3-4/h5-9,16,18-19,21,31-33H,10-14H2,1-4H3;2-3H,1H3/t16-,19+,21+,26+;/m1./s1. The number of rotatable bonds is 8. The zero-order valence-corrected chi connectivity index (χ0v) is 27.5. The zero-order valence-electron chi connectivity index (χ0n) is 25.9. The molecule has 0 saturated carbocycles. The number of aliphatic hydroxyl groups excluding tert-OH is 3. The Hall–Kier alpha value is -3.39. The molecule has 2 aliphatic rings. The maximum atomic E-state index is 14.3. The number of pyridine rings is 2. The summed E-state index contributed by atoms with van der Waals surface area (Å²) in [4.78, 5) is 23.8. The lowest BCUT2D eigenvalue weighted by Crippen LogP contribution is -2.54. The van der Waals surface area contributed by atoms with Crippen molar-refractivity contribution < 1.29 is 38.4 Å². The average molecular weight is 694 g/mol. The molecule has 0 aliphatic carbocycles. The van der Waals surface area contributed by atoms with Gasteiger partial charge < -0.3 is 34.6 Å². The summed E-state index contributed by atoms with van der Waals surface area (Å²) in [6.45, 7) is 7.96. The second-order valence-corrected chi connectivity index (χ2v) is 12.6. The van der Waals surface area contributed by atoms with E-state index in [1.165, 1.54) is 17.0 Å². The Bertz CT molecular complexity index is 1510. The van der Waals surface area contributed by atoms with Crippen LogP contribution in [0.15, 0.2) is 47.3 Å². The Balaban J connectivity index is 0.000000440. The third kappa shape index (κ3) is 7.71. The van der Waals surface area contributed by atoms with Crippen LogP contribution in [0.3, 0.4) is 0 Å². The molecule has 45 heavy (non-hydrogen) atoms. The normalized spacial score (nSPS) is 21.0. The van der Waals surface area contributed by atoms with Crippen molar-refractivity contribution in [2.45, 2.75) is 51.9 Å². The topological polar surface area (TPSA) is 128 Å². The lowest BCUT2D eigenvalue weighted by molar-refractivity contribution is -0.141. The number of aromatic nitrogens is 2. The molecule has 1 amide bonds. The molecule has 0 bridgehead atoms. The van der Waals surface area contributed by atoms with Crippen molar-refractivity contribution in [3.8, 4) is 11.5 Å². The molecule has 3 N–H and O–H groups in total. The van der Waals surface area contributed by atoms with Gasteiger partial charge in [0.15, 0.2) is 35.1 Å². The summed E-state index contributed by atoms with van der Waals surface area (Å²) in [7, 11) is 1.55. The van der Waals surface area contributed by atoms with Gasteiger partial charge in [-0.05, 0) is 77.7 Å². The third-order valence-corrected chi connectivity index (χ3v) is 8.96. The van der Waals surface area contributed by atoms with Crippen LogP contribution in [0.4, 0.5) is 14.6 Å². The fourth-order valence-electron chi connectivity index (χ4n) is 5.52. The fraction of sp³-hybridized carbons (Fsp3) is 0.469. The van der Waals surface area contributed by atoms with Gasteiger partial charge in [0.2, 0.25) is 0 Å². The van der Waals surface area contributed by atoms with Crippen LogP contribution in [0, 0.1) is 30.9 Å². The van der Waals surface area contributed by atoms with E-state index in [4.69, 9.17) is 9.47 Å². The Morgan fingerprint density at radius 1 is 1.07 bits per heavy atom. The predicted molar refractivity (Wildman–Crippen MR) is 167 cm³/mol. The number of nitrogens with zero attached hydrogens (tertiary/aromatic N) is 4. The van der Waals surface area contributed by atoms with E-state index in [1.54, 1.807) is 46.3 Å². The largest absolute Gasteiger partial charge is 0.493 e. The molecule has 2 saturated heterocycles. The van der Waals surface area contributed by atoms with Gasteiger partial charge in [-0.3, -0.25) is 4.79 Å². The number of hydrogen-bond acceptors (Lipinski definition) is 9. The summed E-state index contributed by atoms with van der Waals surface area (Å²) >= 11 is 2.94. The van der Waals surface area contributed by atoms with Crippen LogP contribution in [0.1, 0.15) is 36.5 Å². The molecule has 4 atom stereocenters. The number of carbonyl (C=O) groups is 1. The van der Waals surface area contributed by atoms with Crippen molar-refractivity contribution in [2.24, 2.45) is 5.41 Å². The Morgan fingerprint density at radius 3 is 2.27 bits per heavy atom. The van der Waals surface area contributed by atoms with E-state index in [-0.39, 0.29) is 41.3 Å². The molecule has 2 aromatic heterocycles. The van der Waals surface area contributed by atoms with Crippen LogP contribution in [-0.4, -0.2) is 94.3 Å². The number of amides is 1. The van der Waals surface area contributed by atoms with Gasteiger partial charge in [-0.25, -0.2) is 18.7 Å². The van der Waals surface area contributed by atoms with Crippen LogP contribution in [0.25, 0.3) is 0 Å². The van der Waals surface area contributed by atoms with Crippen molar-refractivity contribution in [1.29, 1.82) is 0 Å². The number of benzene rings is 1. The first kappa shape index (κ1) is 34.5. The molecule has 0 unspecified atom stereocenters. The van der Waals surface area contributed by atoms with Crippen LogP contribution < -0.4 is 14.4 Å². The van der Waals surface area contributed by atoms with Crippen LogP contribution in [0.2, 0.25) is 0 Å². The van der Waals surface area contributed by atoms with Gasteiger partial charge >= 0.3 is 0 Å². The maximum absolute atomic E-state index is 14.3. The average Bonchev–Trinajstić information content (AvgIpc) is 3.35. The minimum atomic E-state index is -1.49.